The third-order valence-electron chi connectivity index (χ3n) is 4.44. The fourth-order valence-corrected chi connectivity index (χ4v) is 3.14. The molecule has 3 nitrogen and oxygen atoms in total. The minimum atomic E-state index is -0.121. The Bertz CT molecular complexity index is 534. The second kappa shape index (κ2) is 8.08. The standard InChI is InChI=1S/C18H29NO2/c1-5-12-18(6-2,7-3)19(13-14-20)17(21)16-11-9-8-10-15(16)4/h8-11,20-21H,4-7,12-14H2,1-3H3/b17-16-. The maximum Gasteiger partial charge on any atom is 0.195 e. The molecule has 0 aliphatic carbocycles. The summed E-state index contributed by atoms with van der Waals surface area (Å²) in [5.74, 6) is 0.229. The van der Waals surface area contributed by atoms with Crippen molar-refractivity contribution in [1.82, 2.24) is 4.90 Å². The summed E-state index contributed by atoms with van der Waals surface area (Å²) in [6, 6.07) is 7.58. The van der Waals surface area contributed by atoms with Crippen LogP contribution >= 0.6 is 0 Å². The van der Waals surface area contributed by atoms with Crippen LogP contribution in [0.4, 0.5) is 0 Å². The molecule has 0 atom stereocenters. The van der Waals surface area contributed by atoms with Crippen LogP contribution in [0.1, 0.15) is 46.5 Å². The van der Waals surface area contributed by atoms with Crippen LogP contribution in [-0.4, -0.2) is 33.8 Å². The minimum absolute atomic E-state index is 0.0227. The molecule has 0 heterocycles. The molecule has 1 aromatic carbocycles. The number of aliphatic hydroxyl groups is 2. The molecule has 0 unspecified atom stereocenters. The minimum Gasteiger partial charge on any atom is -0.494 e. The van der Waals surface area contributed by atoms with Gasteiger partial charge >= 0.3 is 0 Å². The van der Waals surface area contributed by atoms with E-state index in [-0.39, 0.29) is 18.0 Å². The predicted molar refractivity (Wildman–Crippen MR) is 89.3 cm³/mol. The fourth-order valence-electron chi connectivity index (χ4n) is 3.14. The lowest BCUT2D eigenvalue weighted by Gasteiger charge is -2.44. The molecule has 0 amide bonds. The molecule has 118 valence electrons. The van der Waals surface area contributed by atoms with E-state index in [4.69, 9.17) is 0 Å². The van der Waals surface area contributed by atoms with Gasteiger partial charge in [-0.25, -0.2) is 0 Å². The van der Waals surface area contributed by atoms with E-state index in [9.17, 15) is 10.2 Å². The molecule has 21 heavy (non-hydrogen) atoms. The summed E-state index contributed by atoms with van der Waals surface area (Å²) in [5, 5.41) is 21.8. The topological polar surface area (TPSA) is 43.7 Å². The van der Waals surface area contributed by atoms with Crippen LogP contribution in [0.5, 0.6) is 0 Å². The van der Waals surface area contributed by atoms with Gasteiger partial charge in [0.25, 0.3) is 0 Å². The summed E-state index contributed by atoms with van der Waals surface area (Å²) in [7, 11) is 0. The number of hydrogen-bond acceptors (Lipinski definition) is 3. The monoisotopic (exact) mass is 291 g/mol. The average molecular weight is 291 g/mol. The highest BCUT2D eigenvalue weighted by molar-refractivity contribution is 5.36. The maximum atomic E-state index is 10.8. The highest BCUT2D eigenvalue weighted by atomic mass is 16.3. The summed E-state index contributed by atoms with van der Waals surface area (Å²) in [4.78, 5) is 1.97. The Hall–Kier alpha value is -1.48. The number of hydrogen-bond donors (Lipinski definition) is 2. The Morgan fingerprint density at radius 3 is 2.29 bits per heavy atom. The highest BCUT2D eigenvalue weighted by Gasteiger charge is 2.33. The van der Waals surface area contributed by atoms with E-state index in [2.05, 4.69) is 27.4 Å². The van der Waals surface area contributed by atoms with Crippen LogP contribution in [0.2, 0.25) is 0 Å². The van der Waals surface area contributed by atoms with Gasteiger partial charge in [-0.15, -0.1) is 0 Å². The largest absolute Gasteiger partial charge is 0.494 e. The molecule has 1 aromatic rings. The van der Waals surface area contributed by atoms with Gasteiger partial charge in [-0.05, 0) is 30.5 Å². The molecule has 0 spiro atoms. The van der Waals surface area contributed by atoms with Crippen LogP contribution < -0.4 is 10.4 Å². The van der Waals surface area contributed by atoms with Gasteiger partial charge in [0, 0.05) is 17.3 Å². The lowest BCUT2D eigenvalue weighted by atomic mass is 9.85. The van der Waals surface area contributed by atoms with Crippen LogP contribution in [-0.2, 0) is 0 Å². The van der Waals surface area contributed by atoms with Gasteiger partial charge in [0.05, 0.1) is 6.61 Å². The Balaban J connectivity index is 3.45. The zero-order valence-electron chi connectivity index (χ0n) is 13.6. The third-order valence-corrected chi connectivity index (χ3v) is 4.44. The van der Waals surface area contributed by atoms with Gasteiger partial charge in [-0.3, -0.25) is 0 Å². The molecule has 3 heteroatoms. The van der Waals surface area contributed by atoms with Crippen molar-refractivity contribution in [2.45, 2.75) is 52.0 Å². The van der Waals surface area contributed by atoms with Gasteiger partial charge in [-0.1, -0.05) is 52.0 Å². The molecule has 0 saturated heterocycles. The van der Waals surface area contributed by atoms with Gasteiger partial charge < -0.3 is 15.1 Å². The van der Waals surface area contributed by atoms with Crippen molar-refractivity contribution < 1.29 is 10.2 Å². The second-order valence-electron chi connectivity index (χ2n) is 5.54. The molecule has 0 aliphatic heterocycles. The number of benzene rings is 1. The van der Waals surface area contributed by atoms with Crippen LogP contribution in [0.15, 0.2) is 24.3 Å². The smallest absolute Gasteiger partial charge is 0.195 e. The molecular weight excluding hydrogens is 262 g/mol. The summed E-state index contributed by atoms with van der Waals surface area (Å²) in [5.41, 5.74) is -0.121. The molecule has 0 aliphatic rings. The van der Waals surface area contributed by atoms with Crippen LogP contribution in [0.25, 0.3) is 12.5 Å². The molecule has 0 radical (unpaired) electrons. The van der Waals surface area contributed by atoms with Gasteiger partial charge in [0.2, 0.25) is 0 Å². The van der Waals surface area contributed by atoms with Crippen molar-refractivity contribution in [2.24, 2.45) is 0 Å². The average Bonchev–Trinajstić information content (AvgIpc) is 2.50. The van der Waals surface area contributed by atoms with Crippen molar-refractivity contribution in [3.8, 4) is 0 Å². The van der Waals surface area contributed by atoms with E-state index in [1.165, 1.54) is 0 Å². The molecule has 1 rings (SSSR count). The summed E-state index contributed by atoms with van der Waals surface area (Å²) in [6.07, 6.45) is 3.90. The van der Waals surface area contributed by atoms with Crippen LogP contribution in [0.3, 0.4) is 0 Å². The fraction of sp³-hybridized carbons (Fsp3) is 0.556. The van der Waals surface area contributed by atoms with Gasteiger partial charge in [0.15, 0.2) is 5.88 Å². The maximum absolute atomic E-state index is 10.8. The lowest BCUT2D eigenvalue weighted by Crippen LogP contribution is -2.50. The van der Waals surface area contributed by atoms with Crippen molar-refractivity contribution in [3.05, 3.63) is 34.7 Å². The molecule has 0 saturated carbocycles. The Morgan fingerprint density at radius 1 is 1.19 bits per heavy atom. The normalized spacial score (nSPS) is 13.1. The first-order valence-corrected chi connectivity index (χ1v) is 7.92. The zero-order chi connectivity index (χ0) is 15.9. The predicted octanol–water partition coefficient (Wildman–Crippen LogP) is 2.37. The molecule has 0 aromatic heterocycles. The number of rotatable bonds is 8. The molecule has 0 bridgehead atoms. The quantitative estimate of drug-likeness (QED) is 0.773. The summed E-state index contributed by atoms with van der Waals surface area (Å²) < 4.78 is 0. The lowest BCUT2D eigenvalue weighted by molar-refractivity contribution is 0.0774. The zero-order valence-corrected chi connectivity index (χ0v) is 13.6. The SMILES string of the molecule is C=c1cccc/c1=C(/O)N(CCO)C(CC)(CC)CCC. The Kier molecular flexibility index (Phi) is 6.76. The van der Waals surface area contributed by atoms with Crippen molar-refractivity contribution >= 4 is 12.5 Å². The number of aliphatic hydroxyl groups excluding tert-OH is 2. The number of nitrogens with zero attached hydrogens (tertiary/aromatic N) is 1. The van der Waals surface area contributed by atoms with Crippen LogP contribution in [0, 0.1) is 0 Å². The van der Waals surface area contributed by atoms with E-state index >= 15 is 0 Å². The second-order valence-corrected chi connectivity index (χ2v) is 5.54. The molecular formula is C18H29NO2. The highest BCUT2D eigenvalue weighted by Crippen LogP contribution is 2.31. The van der Waals surface area contributed by atoms with E-state index in [1.807, 2.05) is 29.2 Å². The van der Waals surface area contributed by atoms with Crippen molar-refractivity contribution in [2.75, 3.05) is 13.2 Å². The van der Waals surface area contributed by atoms with E-state index in [1.54, 1.807) is 0 Å². The van der Waals surface area contributed by atoms with Gasteiger partial charge in [-0.2, -0.15) is 0 Å². The summed E-state index contributed by atoms with van der Waals surface area (Å²) >= 11 is 0. The van der Waals surface area contributed by atoms with E-state index in [0.29, 0.717) is 6.54 Å². The first kappa shape index (κ1) is 17.6. The van der Waals surface area contributed by atoms with Crippen molar-refractivity contribution in [3.63, 3.8) is 0 Å². The molecule has 2 N–H and O–H groups in total. The van der Waals surface area contributed by atoms with Gasteiger partial charge in [0.1, 0.15) is 0 Å². The van der Waals surface area contributed by atoms with Crippen molar-refractivity contribution in [1.29, 1.82) is 0 Å². The summed E-state index contributed by atoms with van der Waals surface area (Å²) in [6.45, 7) is 10.9. The first-order chi connectivity index (χ1) is 10.1. The van der Waals surface area contributed by atoms with E-state index in [0.717, 1.165) is 36.1 Å². The third kappa shape index (κ3) is 3.79. The van der Waals surface area contributed by atoms with E-state index < -0.39 is 0 Å². The number of β-amino-alcohol motifs (C(OH)–C–C–N with tert-alkyl or cyclic N) is 1. The first-order valence-electron chi connectivity index (χ1n) is 7.92. The Labute approximate surface area is 128 Å². The Morgan fingerprint density at radius 2 is 1.81 bits per heavy atom. The molecule has 0 fully saturated rings.